The van der Waals surface area contributed by atoms with Crippen molar-refractivity contribution in [3.8, 4) is 0 Å². The van der Waals surface area contributed by atoms with E-state index in [0.29, 0.717) is 5.92 Å². The average molecular weight is 238 g/mol. The highest BCUT2D eigenvalue weighted by Crippen LogP contribution is 2.59. The lowest BCUT2D eigenvalue weighted by atomic mass is 9.75. The van der Waals surface area contributed by atoms with Gasteiger partial charge in [-0.25, -0.2) is 0 Å². The minimum Gasteiger partial charge on any atom is -0.370 e. The zero-order valence-corrected chi connectivity index (χ0v) is 12.1. The SMILES string of the molecule is CC(=O)C(C)(C)[C@H]1C[C@H]2CCC(C)(C)[C@]2(C)O1. The molecule has 0 unspecified atom stereocenters. The molecule has 0 aromatic carbocycles. The van der Waals surface area contributed by atoms with E-state index in [4.69, 9.17) is 4.74 Å². The summed E-state index contributed by atoms with van der Waals surface area (Å²) < 4.78 is 6.39. The van der Waals surface area contributed by atoms with Crippen LogP contribution in [0.25, 0.3) is 0 Å². The third kappa shape index (κ3) is 1.68. The lowest BCUT2D eigenvalue weighted by molar-refractivity contribution is -0.148. The topological polar surface area (TPSA) is 26.3 Å². The minimum absolute atomic E-state index is 0.0373. The molecule has 1 saturated heterocycles. The third-order valence-corrected chi connectivity index (χ3v) is 5.84. The zero-order chi connectivity index (χ0) is 13.1. The smallest absolute Gasteiger partial charge is 0.138 e. The first-order valence-electron chi connectivity index (χ1n) is 6.80. The Bertz CT molecular complexity index is 343. The predicted octanol–water partition coefficient (Wildman–Crippen LogP) is 3.59. The maximum atomic E-state index is 11.8. The second-order valence-corrected chi connectivity index (χ2v) is 7.35. The Hall–Kier alpha value is -0.370. The van der Waals surface area contributed by atoms with Gasteiger partial charge in [0.1, 0.15) is 5.78 Å². The molecule has 3 atom stereocenters. The van der Waals surface area contributed by atoms with Crippen LogP contribution in [0.3, 0.4) is 0 Å². The van der Waals surface area contributed by atoms with Crippen molar-refractivity contribution in [2.24, 2.45) is 16.7 Å². The molecule has 0 bridgehead atoms. The Kier molecular flexibility index (Phi) is 2.74. The van der Waals surface area contributed by atoms with Crippen molar-refractivity contribution in [1.82, 2.24) is 0 Å². The van der Waals surface area contributed by atoms with Crippen molar-refractivity contribution >= 4 is 5.78 Å². The molecule has 1 aliphatic carbocycles. The van der Waals surface area contributed by atoms with Gasteiger partial charge >= 0.3 is 0 Å². The second-order valence-electron chi connectivity index (χ2n) is 7.35. The quantitative estimate of drug-likeness (QED) is 0.735. The molecule has 2 heteroatoms. The van der Waals surface area contributed by atoms with Crippen LogP contribution in [0, 0.1) is 16.7 Å². The Labute approximate surface area is 105 Å². The zero-order valence-electron chi connectivity index (χ0n) is 12.1. The molecule has 0 aromatic heterocycles. The van der Waals surface area contributed by atoms with E-state index in [1.54, 1.807) is 6.92 Å². The molecule has 2 rings (SSSR count). The van der Waals surface area contributed by atoms with Gasteiger partial charge in [-0.05, 0) is 44.4 Å². The largest absolute Gasteiger partial charge is 0.370 e. The van der Waals surface area contributed by atoms with Gasteiger partial charge in [-0.1, -0.05) is 27.7 Å². The minimum atomic E-state index is -0.344. The first kappa shape index (κ1) is 13.1. The molecule has 98 valence electrons. The maximum absolute atomic E-state index is 11.8. The van der Waals surface area contributed by atoms with Crippen LogP contribution in [0.1, 0.15) is 60.8 Å². The van der Waals surface area contributed by atoms with Crippen molar-refractivity contribution in [2.75, 3.05) is 0 Å². The highest BCUT2D eigenvalue weighted by Gasteiger charge is 2.60. The van der Waals surface area contributed by atoms with Gasteiger partial charge in [0.2, 0.25) is 0 Å². The molecule has 2 aliphatic rings. The van der Waals surface area contributed by atoms with Crippen molar-refractivity contribution in [3.63, 3.8) is 0 Å². The van der Waals surface area contributed by atoms with E-state index >= 15 is 0 Å². The van der Waals surface area contributed by atoms with E-state index in [2.05, 4.69) is 20.8 Å². The van der Waals surface area contributed by atoms with Gasteiger partial charge in [-0.15, -0.1) is 0 Å². The van der Waals surface area contributed by atoms with Crippen molar-refractivity contribution in [3.05, 3.63) is 0 Å². The summed E-state index contributed by atoms with van der Waals surface area (Å²) in [5.74, 6) is 0.866. The fraction of sp³-hybridized carbons (Fsp3) is 0.933. The van der Waals surface area contributed by atoms with Gasteiger partial charge in [0.15, 0.2) is 0 Å². The highest BCUT2D eigenvalue weighted by atomic mass is 16.5. The number of ketones is 1. The van der Waals surface area contributed by atoms with Crippen LogP contribution >= 0.6 is 0 Å². The summed E-state index contributed by atoms with van der Waals surface area (Å²) in [6, 6.07) is 0. The highest BCUT2D eigenvalue weighted by molar-refractivity contribution is 5.82. The van der Waals surface area contributed by atoms with Crippen molar-refractivity contribution in [1.29, 1.82) is 0 Å². The summed E-state index contributed by atoms with van der Waals surface area (Å²) in [5, 5.41) is 0. The van der Waals surface area contributed by atoms with Crippen LogP contribution in [0.5, 0.6) is 0 Å². The molecule has 0 spiro atoms. The molecule has 1 aliphatic heterocycles. The first-order valence-corrected chi connectivity index (χ1v) is 6.80. The number of fused-ring (bicyclic) bond motifs is 1. The molecule has 0 radical (unpaired) electrons. The number of Topliss-reactive ketones (excluding diaryl/α,β-unsaturated/α-hetero) is 1. The van der Waals surface area contributed by atoms with E-state index in [9.17, 15) is 4.79 Å². The molecular weight excluding hydrogens is 212 g/mol. The molecule has 0 amide bonds. The first-order chi connectivity index (χ1) is 7.61. The van der Waals surface area contributed by atoms with Crippen molar-refractivity contribution in [2.45, 2.75) is 72.5 Å². The van der Waals surface area contributed by atoms with Gasteiger partial charge in [-0.2, -0.15) is 0 Å². The molecule has 2 nitrogen and oxygen atoms in total. The van der Waals surface area contributed by atoms with Gasteiger partial charge in [-0.3, -0.25) is 4.79 Å². The average Bonchev–Trinajstić information content (AvgIpc) is 2.63. The van der Waals surface area contributed by atoms with Crippen LogP contribution < -0.4 is 0 Å². The number of hydrogen-bond donors (Lipinski definition) is 0. The summed E-state index contributed by atoms with van der Waals surface area (Å²) in [6.45, 7) is 12.6. The van der Waals surface area contributed by atoms with Gasteiger partial charge < -0.3 is 4.74 Å². The Morgan fingerprint density at radius 1 is 1.29 bits per heavy atom. The van der Waals surface area contributed by atoms with E-state index < -0.39 is 0 Å². The van der Waals surface area contributed by atoms with Gasteiger partial charge in [0.05, 0.1) is 11.7 Å². The fourth-order valence-corrected chi connectivity index (χ4v) is 3.48. The number of ether oxygens (including phenoxy) is 1. The molecule has 17 heavy (non-hydrogen) atoms. The van der Waals surface area contributed by atoms with Gasteiger partial charge in [0, 0.05) is 5.41 Å². The van der Waals surface area contributed by atoms with E-state index in [1.165, 1.54) is 12.8 Å². The Balaban J connectivity index is 2.24. The molecule has 2 fully saturated rings. The number of carbonyl (C=O) groups is 1. The van der Waals surface area contributed by atoms with Gasteiger partial charge in [0.25, 0.3) is 0 Å². The summed E-state index contributed by atoms with van der Waals surface area (Å²) >= 11 is 0. The van der Waals surface area contributed by atoms with Crippen LogP contribution in [0.2, 0.25) is 0 Å². The molecule has 0 N–H and O–H groups in total. The third-order valence-electron chi connectivity index (χ3n) is 5.84. The lowest BCUT2D eigenvalue weighted by Crippen LogP contribution is -2.44. The molecule has 1 heterocycles. The molecule has 1 saturated carbocycles. The van der Waals surface area contributed by atoms with E-state index in [-0.39, 0.29) is 28.3 Å². The summed E-state index contributed by atoms with van der Waals surface area (Å²) in [6.07, 6.45) is 3.62. The number of rotatable bonds is 2. The van der Waals surface area contributed by atoms with Crippen LogP contribution in [0.15, 0.2) is 0 Å². The maximum Gasteiger partial charge on any atom is 0.138 e. The van der Waals surface area contributed by atoms with Crippen LogP contribution in [-0.2, 0) is 9.53 Å². The second kappa shape index (κ2) is 3.57. The Morgan fingerprint density at radius 2 is 1.88 bits per heavy atom. The van der Waals surface area contributed by atoms with Crippen LogP contribution in [-0.4, -0.2) is 17.5 Å². The molecular formula is C15H26O2. The number of carbonyl (C=O) groups excluding carboxylic acids is 1. The summed E-state index contributed by atoms with van der Waals surface area (Å²) in [5.41, 5.74) is -0.146. The predicted molar refractivity (Wildman–Crippen MR) is 68.9 cm³/mol. The van der Waals surface area contributed by atoms with E-state index in [1.807, 2.05) is 13.8 Å². The Morgan fingerprint density at radius 3 is 2.35 bits per heavy atom. The molecule has 0 aromatic rings. The monoisotopic (exact) mass is 238 g/mol. The van der Waals surface area contributed by atoms with E-state index in [0.717, 1.165) is 6.42 Å². The summed E-state index contributed by atoms with van der Waals surface area (Å²) in [7, 11) is 0. The number of hydrogen-bond acceptors (Lipinski definition) is 2. The standard InChI is InChI=1S/C15H26O2/c1-10(16)14(4,5)12-9-11-7-8-13(2,3)15(11,6)17-12/h11-12H,7-9H2,1-6H3/t11-,12-,15-/m1/s1. The normalized spacial score (nSPS) is 40.4. The lowest BCUT2D eigenvalue weighted by Gasteiger charge is -2.40. The fourth-order valence-electron chi connectivity index (χ4n) is 3.48. The van der Waals surface area contributed by atoms with Crippen LogP contribution in [0.4, 0.5) is 0 Å². The van der Waals surface area contributed by atoms with Crippen molar-refractivity contribution < 1.29 is 9.53 Å². The summed E-state index contributed by atoms with van der Waals surface area (Å²) in [4.78, 5) is 11.8.